The van der Waals surface area contributed by atoms with Crippen LogP contribution in [0.2, 0.25) is 0 Å². The Labute approximate surface area is 112 Å². The van der Waals surface area contributed by atoms with Crippen molar-refractivity contribution >= 4 is 17.6 Å². The van der Waals surface area contributed by atoms with Crippen LogP contribution < -0.4 is 5.32 Å². The van der Waals surface area contributed by atoms with Crippen LogP contribution in [0.3, 0.4) is 0 Å². The predicted molar refractivity (Wildman–Crippen MR) is 72.4 cm³/mol. The number of hydrogen-bond acceptors (Lipinski definition) is 4. The molecule has 0 amide bonds. The summed E-state index contributed by atoms with van der Waals surface area (Å²) in [6.07, 6.45) is 0.0494. The lowest BCUT2D eigenvalue weighted by Gasteiger charge is -2.19. The molecule has 0 fully saturated rings. The van der Waals surface area contributed by atoms with E-state index in [-0.39, 0.29) is 12.4 Å². The molecule has 0 aliphatic heterocycles. The van der Waals surface area contributed by atoms with Gasteiger partial charge in [-0.1, -0.05) is 0 Å². The first-order chi connectivity index (χ1) is 8.78. The molecule has 1 aromatic rings. The number of hydrogen-bond donors (Lipinski definition) is 2. The monoisotopic (exact) mass is 265 g/mol. The third kappa shape index (κ3) is 5.90. The second-order valence-electron chi connectivity index (χ2n) is 5.15. The third-order valence-corrected chi connectivity index (χ3v) is 2.19. The molecule has 0 saturated carbocycles. The van der Waals surface area contributed by atoms with Crippen molar-refractivity contribution in [3.8, 4) is 0 Å². The number of anilines is 1. The minimum Gasteiger partial charge on any atom is -0.481 e. The van der Waals surface area contributed by atoms with Gasteiger partial charge in [-0.3, -0.25) is 4.79 Å². The van der Waals surface area contributed by atoms with Gasteiger partial charge in [-0.25, -0.2) is 4.79 Å². The molecule has 19 heavy (non-hydrogen) atoms. The lowest BCUT2D eigenvalue weighted by Crippen LogP contribution is -2.23. The largest absolute Gasteiger partial charge is 0.481 e. The molecule has 0 saturated heterocycles. The molecule has 0 aliphatic rings. The van der Waals surface area contributed by atoms with E-state index in [1.54, 1.807) is 24.3 Å². The molecule has 0 spiro atoms. The van der Waals surface area contributed by atoms with E-state index in [9.17, 15) is 9.59 Å². The molecule has 0 atom stereocenters. The Morgan fingerprint density at radius 3 is 2.26 bits per heavy atom. The van der Waals surface area contributed by atoms with Gasteiger partial charge in [-0.2, -0.15) is 0 Å². The average Bonchev–Trinajstić information content (AvgIpc) is 2.27. The van der Waals surface area contributed by atoms with Gasteiger partial charge in [0.1, 0.15) is 5.60 Å². The van der Waals surface area contributed by atoms with Crippen molar-refractivity contribution in [3.05, 3.63) is 29.8 Å². The first kappa shape index (κ1) is 15.0. The average molecular weight is 265 g/mol. The first-order valence-electron chi connectivity index (χ1n) is 6.07. The van der Waals surface area contributed by atoms with E-state index < -0.39 is 11.6 Å². The summed E-state index contributed by atoms with van der Waals surface area (Å²) in [7, 11) is 0. The number of benzene rings is 1. The van der Waals surface area contributed by atoms with Gasteiger partial charge in [0.25, 0.3) is 0 Å². The fourth-order valence-electron chi connectivity index (χ4n) is 1.37. The lowest BCUT2D eigenvalue weighted by atomic mass is 10.1. The summed E-state index contributed by atoms with van der Waals surface area (Å²) in [6, 6.07) is 6.75. The zero-order valence-electron chi connectivity index (χ0n) is 11.4. The molecule has 1 aromatic carbocycles. The number of nitrogens with one attached hydrogen (secondary N) is 1. The molecule has 1 rings (SSSR count). The third-order valence-electron chi connectivity index (χ3n) is 2.19. The molecule has 5 heteroatoms. The highest BCUT2D eigenvalue weighted by molar-refractivity contribution is 5.90. The molecule has 0 radical (unpaired) electrons. The summed E-state index contributed by atoms with van der Waals surface area (Å²) >= 11 is 0. The molecule has 104 valence electrons. The maximum Gasteiger partial charge on any atom is 0.338 e. The second-order valence-corrected chi connectivity index (χ2v) is 5.15. The van der Waals surface area contributed by atoms with Crippen molar-refractivity contribution in [1.29, 1.82) is 0 Å². The van der Waals surface area contributed by atoms with Crippen molar-refractivity contribution < 1.29 is 19.4 Å². The van der Waals surface area contributed by atoms with Crippen LogP contribution in [0.5, 0.6) is 0 Å². The van der Waals surface area contributed by atoms with E-state index in [1.165, 1.54) is 0 Å². The number of carboxylic acid groups (broad SMARTS) is 1. The van der Waals surface area contributed by atoms with Gasteiger partial charge in [0, 0.05) is 12.2 Å². The molecule has 0 aromatic heterocycles. The summed E-state index contributed by atoms with van der Waals surface area (Å²) in [6.45, 7) is 5.79. The van der Waals surface area contributed by atoms with E-state index in [1.807, 2.05) is 20.8 Å². The summed E-state index contributed by atoms with van der Waals surface area (Å²) in [5, 5.41) is 11.5. The Morgan fingerprint density at radius 2 is 1.79 bits per heavy atom. The van der Waals surface area contributed by atoms with Gasteiger partial charge in [-0.05, 0) is 45.0 Å². The Morgan fingerprint density at radius 1 is 1.21 bits per heavy atom. The highest BCUT2D eigenvalue weighted by Gasteiger charge is 2.17. The van der Waals surface area contributed by atoms with Gasteiger partial charge >= 0.3 is 11.9 Å². The highest BCUT2D eigenvalue weighted by Crippen LogP contribution is 2.14. The van der Waals surface area contributed by atoms with E-state index in [0.717, 1.165) is 5.69 Å². The van der Waals surface area contributed by atoms with Crippen LogP contribution in [0.1, 0.15) is 37.6 Å². The van der Waals surface area contributed by atoms with Gasteiger partial charge in [-0.15, -0.1) is 0 Å². The van der Waals surface area contributed by atoms with Crippen molar-refractivity contribution in [1.82, 2.24) is 0 Å². The normalized spacial score (nSPS) is 10.9. The maximum atomic E-state index is 11.8. The van der Waals surface area contributed by atoms with E-state index in [0.29, 0.717) is 12.1 Å². The number of carboxylic acids is 1. The zero-order valence-corrected chi connectivity index (χ0v) is 11.4. The van der Waals surface area contributed by atoms with Crippen LogP contribution in [0.25, 0.3) is 0 Å². The van der Waals surface area contributed by atoms with Crippen LogP contribution in [-0.2, 0) is 9.53 Å². The van der Waals surface area contributed by atoms with Gasteiger partial charge in [0.05, 0.1) is 12.0 Å². The fraction of sp³-hybridized carbons (Fsp3) is 0.429. The summed E-state index contributed by atoms with van der Waals surface area (Å²) in [4.78, 5) is 22.1. The first-order valence-corrected chi connectivity index (χ1v) is 6.07. The minimum atomic E-state index is -0.849. The molecule has 2 N–H and O–H groups in total. The van der Waals surface area contributed by atoms with Crippen LogP contribution >= 0.6 is 0 Å². The SMILES string of the molecule is CC(C)(C)OC(=O)c1ccc(NCCC(=O)O)cc1. The van der Waals surface area contributed by atoms with E-state index >= 15 is 0 Å². The fourth-order valence-corrected chi connectivity index (χ4v) is 1.37. The van der Waals surface area contributed by atoms with Gasteiger partial charge in [0.15, 0.2) is 0 Å². The Bertz CT molecular complexity index is 446. The Balaban J connectivity index is 2.56. The van der Waals surface area contributed by atoms with Crippen LogP contribution in [0.4, 0.5) is 5.69 Å². The molecule has 0 heterocycles. The Kier molecular flexibility index (Phi) is 4.92. The van der Waals surface area contributed by atoms with Crippen molar-refractivity contribution in [2.45, 2.75) is 32.8 Å². The summed E-state index contributed by atoms with van der Waals surface area (Å²) in [5.41, 5.74) is 0.724. The molecule has 0 bridgehead atoms. The Hall–Kier alpha value is -2.04. The maximum absolute atomic E-state index is 11.8. The van der Waals surface area contributed by atoms with Gasteiger partial charge in [0.2, 0.25) is 0 Å². The summed E-state index contributed by atoms with van der Waals surface area (Å²) in [5.74, 6) is -1.22. The van der Waals surface area contributed by atoms with Crippen molar-refractivity contribution in [2.75, 3.05) is 11.9 Å². The quantitative estimate of drug-likeness (QED) is 0.800. The predicted octanol–water partition coefficient (Wildman–Crippen LogP) is 2.53. The molecular formula is C14H19NO4. The number of ether oxygens (including phenoxy) is 1. The highest BCUT2D eigenvalue weighted by atomic mass is 16.6. The zero-order chi connectivity index (χ0) is 14.5. The van der Waals surface area contributed by atoms with E-state index in [2.05, 4.69) is 5.32 Å². The van der Waals surface area contributed by atoms with Gasteiger partial charge < -0.3 is 15.2 Å². The second kappa shape index (κ2) is 6.22. The van der Waals surface area contributed by atoms with E-state index in [4.69, 9.17) is 9.84 Å². The standard InChI is InChI=1S/C14H19NO4/c1-14(2,3)19-13(18)10-4-6-11(7-5-10)15-9-8-12(16)17/h4-7,15H,8-9H2,1-3H3,(H,16,17). The number of aliphatic carboxylic acids is 1. The molecule has 5 nitrogen and oxygen atoms in total. The number of esters is 1. The minimum absolute atomic E-state index is 0.0494. The molecule has 0 aliphatic carbocycles. The number of carbonyl (C=O) groups is 2. The van der Waals surface area contributed by atoms with Crippen LogP contribution in [-0.4, -0.2) is 29.2 Å². The summed E-state index contributed by atoms with van der Waals surface area (Å²) < 4.78 is 5.24. The van der Waals surface area contributed by atoms with Crippen LogP contribution in [0.15, 0.2) is 24.3 Å². The number of rotatable bonds is 5. The molecular weight excluding hydrogens is 246 g/mol. The molecule has 0 unspecified atom stereocenters. The van der Waals surface area contributed by atoms with Crippen LogP contribution in [0, 0.1) is 0 Å². The number of carbonyl (C=O) groups excluding carboxylic acids is 1. The van der Waals surface area contributed by atoms with Crippen molar-refractivity contribution in [2.24, 2.45) is 0 Å². The topological polar surface area (TPSA) is 75.6 Å². The smallest absolute Gasteiger partial charge is 0.338 e. The lowest BCUT2D eigenvalue weighted by molar-refractivity contribution is -0.136. The van der Waals surface area contributed by atoms with Crippen molar-refractivity contribution in [3.63, 3.8) is 0 Å².